The van der Waals surface area contributed by atoms with Gasteiger partial charge in [0, 0.05) is 6.07 Å². The van der Waals surface area contributed by atoms with Gasteiger partial charge in [0.05, 0.1) is 4.47 Å². The molecule has 0 amide bonds. The van der Waals surface area contributed by atoms with Crippen LogP contribution in [0.3, 0.4) is 0 Å². The Morgan fingerprint density at radius 1 is 1.05 bits per heavy atom. The molecular weight excluding hydrogens is 316 g/mol. The number of halogens is 3. The lowest BCUT2D eigenvalue weighted by Crippen LogP contribution is -2.02. The Balaban J connectivity index is 2.20. The minimum absolute atomic E-state index is 0.242. The number of hydrogen-bond donors (Lipinski definition) is 1. The normalized spacial score (nSPS) is 10.5. The molecule has 0 bridgehead atoms. The molecule has 0 saturated carbocycles. The van der Waals surface area contributed by atoms with Crippen molar-refractivity contribution in [2.24, 2.45) is 5.73 Å². The highest BCUT2D eigenvalue weighted by atomic mass is 79.9. The summed E-state index contributed by atoms with van der Waals surface area (Å²) >= 11 is 3.37. The molecule has 0 atom stereocenters. The summed E-state index contributed by atoms with van der Waals surface area (Å²) in [5, 5.41) is 0. The smallest absolute Gasteiger partial charge is 0.162 e. The number of hydrogen-bond acceptors (Lipinski definition) is 2. The summed E-state index contributed by atoms with van der Waals surface area (Å²) in [7, 11) is 0. The number of benzene rings is 2. The summed E-state index contributed by atoms with van der Waals surface area (Å²) < 4.78 is 32.1. The molecule has 0 spiro atoms. The summed E-state index contributed by atoms with van der Waals surface area (Å²) in [6.07, 6.45) is 0.768. The molecule has 2 rings (SSSR count). The van der Waals surface area contributed by atoms with Crippen molar-refractivity contribution in [3.8, 4) is 11.5 Å². The Hall–Kier alpha value is -1.46. The van der Waals surface area contributed by atoms with Gasteiger partial charge in [-0.1, -0.05) is 6.07 Å². The summed E-state index contributed by atoms with van der Waals surface area (Å²) in [6, 6.07) is 8.95. The second-order valence-corrected chi connectivity index (χ2v) is 4.84. The number of rotatable bonds is 4. The topological polar surface area (TPSA) is 35.2 Å². The van der Waals surface area contributed by atoms with Crippen LogP contribution < -0.4 is 10.5 Å². The molecule has 2 nitrogen and oxygen atoms in total. The maximum Gasteiger partial charge on any atom is 0.162 e. The predicted octanol–water partition coefficient (Wildman–Crippen LogP) is 4.02. The summed E-state index contributed by atoms with van der Waals surface area (Å²) in [4.78, 5) is 0. The van der Waals surface area contributed by atoms with Crippen LogP contribution in [0.2, 0.25) is 0 Å². The van der Waals surface area contributed by atoms with Crippen molar-refractivity contribution in [1.82, 2.24) is 0 Å². The summed E-state index contributed by atoms with van der Waals surface area (Å²) in [5.41, 5.74) is 6.56. The van der Waals surface area contributed by atoms with E-state index < -0.39 is 11.6 Å². The molecule has 100 valence electrons. The molecule has 0 saturated heterocycles. The molecule has 0 aliphatic rings. The van der Waals surface area contributed by atoms with E-state index in [9.17, 15) is 8.78 Å². The largest absolute Gasteiger partial charge is 0.456 e. The Labute approximate surface area is 118 Å². The Bertz CT molecular complexity index is 590. The lowest BCUT2D eigenvalue weighted by molar-refractivity contribution is 0.459. The molecule has 5 heteroatoms. The average molecular weight is 328 g/mol. The van der Waals surface area contributed by atoms with Crippen molar-refractivity contribution in [1.29, 1.82) is 0 Å². The van der Waals surface area contributed by atoms with E-state index in [2.05, 4.69) is 15.9 Å². The third-order valence-corrected chi connectivity index (χ3v) is 3.17. The molecular formula is C14H12BrF2NO. The maximum atomic E-state index is 13.1. The quantitative estimate of drug-likeness (QED) is 0.920. The molecule has 2 aromatic rings. The first-order valence-corrected chi connectivity index (χ1v) is 6.51. The first kappa shape index (κ1) is 14.0. The second kappa shape index (κ2) is 6.12. The van der Waals surface area contributed by atoms with Crippen molar-refractivity contribution in [3.63, 3.8) is 0 Å². The minimum atomic E-state index is -0.937. The Morgan fingerprint density at radius 3 is 2.47 bits per heavy atom. The van der Waals surface area contributed by atoms with Gasteiger partial charge in [-0.05, 0) is 58.7 Å². The van der Waals surface area contributed by atoms with Gasteiger partial charge in [0.15, 0.2) is 11.6 Å². The molecule has 0 aromatic heterocycles. The van der Waals surface area contributed by atoms with Crippen molar-refractivity contribution in [2.45, 2.75) is 6.42 Å². The van der Waals surface area contributed by atoms with E-state index in [1.54, 1.807) is 6.07 Å². The van der Waals surface area contributed by atoms with E-state index in [0.717, 1.165) is 28.6 Å². The third kappa shape index (κ3) is 3.52. The monoisotopic (exact) mass is 327 g/mol. The van der Waals surface area contributed by atoms with Crippen molar-refractivity contribution in [2.75, 3.05) is 6.54 Å². The van der Waals surface area contributed by atoms with Gasteiger partial charge in [-0.3, -0.25) is 0 Å². The number of nitrogens with two attached hydrogens (primary N) is 1. The summed E-state index contributed by atoms with van der Waals surface area (Å²) in [6.45, 7) is 0.565. The number of ether oxygens (including phenoxy) is 1. The molecule has 0 unspecified atom stereocenters. The molecule has 0 aliphatic heterocycles. The SMILES string of the molecule is NCCc1ccc(Oc2ccc(F)c(F)c2)c(Br)c1. The van der Waals surface area contributed by atoms with Crippen LogP contribution in [0, 0.1) is 11.6 Å². The van der Waals surface area contributed by atoms with E-state index in [0.29, 0.717) is 12.3 Å². The molecule has 2 N–H and O–H groups in total. The Morgan fingerprint density at radius 2 is 1.84 bits per heavy atom. The fourth-order valence-corrected chi connectivity index (χ4v) is 2.12. The summed E-state index contributed by atoms with van der Waals surface area (Å²) in [5.74, 6) is -1.06. The van der Waals surface area contributed by atoms with E-state index >= 15 is 0 Å². The lowest BCUT2D eigenvalue weighted by atomic mass is 10.1. The van der Waals surface area contributed by atoms with Gasteiger partial charge in [0.2, 0.25) is 0 Å². The van der Waals surface area contributed by atoms with Crippen LogP contribution >= 0.6 is 15.9 Å². The first-order chi connectivity index (χ1) is 9.10. The van der Waals surface area contributed by atoms with Gasteiger partial charge in [-0.25, -0.2) is 8.78 Å². The van der Waals surface area contributed by atoms with Crippen LogP contribution in [-0.4, -0.2) is 6.54 Å². The third-order valence-electron chi connectivity index (χ3n) is 2.55. The van der Waals surface area contributed by atoms with Crippen LogP contribution in [0.5, 0.6) is 11.5 Å². The maximum absolute atomic E-state index is 13.1. The highest BCUT2D eigenvalue weighted by molar-refractivity contribution is 9.10. The van der Waals surface area contributed by atoms with Crippen LogP contribution in [0.1, 0.15) is 5.56 Å². The zero-order chi connectivity index (χ0) is 13.8. The minimum Gasteiger partial charge on any atom is -0.456 e. The second-order valence-electron chi connectivity index (χ2n) is 3.98. The van der Waals surface area contributed by atoms with Gasteiger partial charge in [0.25, 0.3) is 0 Å². The molecule has 2 aromatic carbocycles. The molecule has 0 radical (unpaired) electrons. The predicted molar refractivity (Wildman–Crippen MR) is 73.3 cm³/mol. The average Bonchev–Trinajstić information content (AvgIpc) is 2.37. The Kier molecular flexibility index (Phi) is 4.50. The van der Waals surface area contributed by atoms with Gasteiger partial charge in [-0.2, -0.15) is 0 Å². The van der Waals surface area contributed by atoms with Crippen molar-refractivity contribution in [3.05, 3.63) is 58.1 Å². The van der Waals surface area contributed by atoms with E-state index in [-0.39, 0.29) is 5.75 Å². The van der Waals surface area contributed by atoms with E-state index in [1.165, 1.54) is 6.07 Å². The standard InChI is InChI=1S/C14H12BrF2NO/c15-11-7-9(5-6-18)1-4-14(11)19-10-2-3-12(16)13(17)8-10/h1-4,7-8H,5-6,18H2. The van der Waals surface area contributed by atoms with E-state index in [4.69, 9.17) is 10.5 Å². The van der Waals surface area contributed by atoms with E-state index in [1.807, 2.05) is 12.1 Å². The van der Waals surface area contributed by atoms with Gasteiger partial charge < -0.3 is 10.5 Å². The van der Waals surface area contributed by atoms with Crippen molar-refractivity contribution < 1.29 is 13.5 Å². The fraction of sp³-hybridized carbons (Fsp3) is 0.143. The molecule has 19 heavy (non-hydrogen) atoms. The molecule has 0 aliphatic carbocycles. The van der Waals surface area contributed by atoms with Gasteiger partial charge in [-0.15, -0.1) is 0 Å². The fourth-order valence-electron chi connectivity index (χ4n) is 1.62. The molecule has 0 heterocycles. The van der Waals surface area contributed by atoms with Gasteiger partial charge >= 0.3 is 0 Å². The van der Waals surface area contributed by atoms with Crippen LogP contribution in [0.4, 0.5) is 8.78 Å². The van der Waals surface area contributed by atoms with Crippen molar-refractivity contribution >= 4 is 15.9 Å². The lowest BCUT2D eigenvalue weighted by Gasteiger charge is -2.09. The van der Waals surface area contributed by atoms with Gasteiger partial charge in [0.1, 0.15) is 11.5 Å². The zero-order valence-electron chi connectivity index (χ0n) is 10.00. The van der Waals surface area contributed by atoms with Crippen LogP contribution in [0.25, 0.3) is 0 Å². The van der Waals surface area contributed by atoms with Crippen LogP contribution in [0.15, 0.2) is 40.9 Å². The zero-order valence-corrected chi connectivity index (χ0v) is 11.6. The van der Waals surface area contributed by atoms with Crippen LogP contribution in [-0.2, 0) is 6.42 Å². The highest BCUT2D eigenvalue weighted by Crippen LogP contribution is 2.31. The highest BCUT2D eigenvalue weighted by Gasteiger charge is 2.07. The molecule has 0 fully saturated rings. The first-order valence-electron chi connectivity index (χ1n) is 5.71.